The largest absolute Gasteiger partial charge is 0.496 e. The number of aliphatic hydroxyl groups excluding tert-OH is 1. The Hall–Kier alpha value is -2.07. The number of allylic oxidation sites excluding steroid dienone is 2. The molecule has 4 nitrogen and oxygen atoms in total. The van der Waals surface area contributed by atoms with Crippen LogP contribution in [0.25, 0.3) is 6.08 Å². The Bertz CT molecular complexity index is 1400. The van der Waals surface area contributed by atoms with Crippen LogP contribution >= 0.6 is 0 Å². The van der Waals surface area contributed by atoms with Gasteiger partial charge in [0.1, 0.15) is 11.9 Å². The van der Waals surface area contributed by atoms with Crippen molar-refractivity contribution < 1.29 is 19.4 Å². The maximum Gasteiger partial charge on any atom is 0.331 e. The second-order valence-corrected chi connectivity index (χ2v) is 17.8. The van der Waals surface area contributed by atoms with Crippen LogP contribution in [0.2, 0.25) is 0 Å². The lowest BCUT2D eigenvalue weighted by molar-refractivity contribution is -0.179. The minimum absolute atomic E-state index is 0.0302. The Morgan fingerprint density at radius 1 is 0.957 bits per heavy atom. The van der Waals surface area contributed by atoms with Crippen molar-refractivity contribution in [2.45, 2.75) is 139 Å². The molecule has 0 saturated heterocycles. The van der Waals surface area contributed by atoms with Gasteiger partial charge in [-0.05, 0) is 161 Å². The normalized spacial score (nSPS) is 39.4. The van der Waals surface area contributed by atoms with Gasteiger partial charge in [-0.25, -0.2) is 4.79 Å². The molecule has 5 fully saturated rings. The van der Waals surface area contributed by atoms with Crippen molar-refractivity contribution in [3.05, 3.63) is 46.5 Å². The molecule has 1 aromatic rings. The number of ether oxygens (including phenoxy) is 2. The van der Waals surface area contributed by atoms with Gasteiger partial charge < -0.3 is 14.6 Å². The van der Waals surface area contributed by atoms with Gasteiger partial charge in [0.2, 0.25) is 0 Å². The first-order chi connectivity index (χ1) is 21.7. The standard InChI is InChI=1S/C42H62O4/c1-27(2)28(3)10-11-29(4)32-18-20-40(8)35-16-15-34-38(5,6)36(19-21-41(34)26-42(35,41)23-22-39(32,40)7)46-37(44)17-13-30-12-14-33(45-9)31(24-30)25-43/h12-14,17,24,29,32,34-36,43H,10-11,15-16,18-23,25-26H2,1-9H3/b17-13+. The van der Waals surface area contributed by atoms with Gasteiger partial charge >= 0.3 is 5.97 Å². The fourth-order valence-corrected chi connectivity index (χ4v) is 12.8. The van der Waals surface area contributed by atoms with Gasteiger partial charge in [0, 0.05) is 17.1 Å². The molecule has 4 heteroatoms. The monoisotopic (exact) mass is 630 g/mol. The molecule has 5 aliphatic rings. The zero-order valence-electron chi connectivity index (χ0n) is 30.4. The van der Waals surface area contributed by atoms with E-state index in [1.807, 2.05) is 18.2 Å². The van der Waals surface area contributed by atoms with E-state index in [4.69, 9.17) is 9.47 Å². The lowest BCUT2D eigenvalue weighted by atomic mass is 9.41. The second-order valence-electron chi connectivity index (χ2n) is 17.8. The van der Waals surface area contributed by atoms with Gasteiger partial charge in [0.05, 0.1) is 13.7 Å². The topological polar surface area (TPSA) is 55.8 Å². The molecule has 2 spiro atoms. The molecule has 46 heavy (non-hydrogen) atoms. The molecule has 0 bridgehead atoms. The number of hydrogen-bond acceptors (Lipinski definition) is 4. The Morgan fingerprint density at radius 2 is 1.67 bits per heavy atom. The highest BCUT2D eigenvalue weighted by Gasteiger charge is 2.82. The summed E-state index contributed by atoms with van der Waals surface area (Å²) in [5.74, 6) is 3.49. The molecule has 0 radical (unpaired) electrons. The molecule has 0 aliphatic heterocycles. The van der Waals surface area contributed by atoms with Crippen molar-refractivity contribution in [3.63, 3.8) is 0 Å². The first kappa shape index (κ1) is 33.8. The number of carbonyl (C=O) groups excluding carboxylic acids is 1. The van der Waals surface area contributed by atoms with Crippen LogP contribution in [0.1, 0.15) is 137 Å². The average Bonchev–Trinajstić information content (AvgIpc) is 3.61. The number of esters is 1. The molecule has 9 atom stereocenters. The maximum atomic E-state index is 13.1. The first-order valence-corrected chi connectivity index (χ1v) is 18.5. The van der Waals surface area contributed by atoms with E-state index in [9.17, 15) is 9.90 Å². The summed E-state index contributed by atoms with van der Waals surface area (Å²) in [6, 6.07) is 5.58. The summed E-state index contributed by atoms with van der Waals surface area (Å²) < 4.78 is 11.6. The first-order valence-electron chi connectivity index (χ1n) is 18.5. The van der Waals surface area contributed by atoms with E-state index in [1.54, 1.807) is 24.8 Å². The molecule has 5 aliphatic carbocycles. The molecule has 6 rings (SSSR count). The average molecular weight is 631 g/mol. The molecule has 0 heterocycles. The van der Waals surface area contributed by atoms with E-state index < -0.39 is 0 Å². The number of fused-ring (bicyclic) bond motifs is 2. The molecular weight excluding hydrogens is 568 g/mol. The van der Waals surface area contributed by atoms with E-state index >= 15 is 0 Å². The van der Waals surface area contributed by atoms with Gasteiger partial charge in [0.15, 0.2) is 0 Å². The quantitative estimate of drug-likeness (QED) is 0.168. The fraction of sp³-hybridized carbons (Fsp3) is 0.738. The highest BCUT2D eigenvalue weighted by molar-refractivity contribution is 5.87. The van der Waals surface area contributed by atoms with Crippen LogP contribution in [-0.4, -0.2) is 24.3 Å². The number of aliphatic hydroxyl groups is 1. The van der Waals surface area contributed by atoms with Crippen molar-refractivity contribution in [1.82, 2.24) is 0 Å². The van der Waals surface area contributed by atoms with Crippen LogP contribution in [0.5, 0.6) is 5.75 Å². The Morgan fingerprint density at radius 3 is 2.37 bits per heavy atom. The molecule has 0 amide bonds. The molecule has 1 aromatic carbocycles. The van der Waals surface area contributed by atoms with E-state index in [0.717, 1.165) is 29.7 Å². The van der Waals surface area contributed by atoms with Crippen molar-refractivity contribution in [3.8, 4) is 5.75 Å². The lowest BCUT2D eigenvalue weighted by Gasteiger charge is -2.63. The zero-order chi connectivity index (χ0) is 33.3. The smallest absolute Gasteiger partial charge is 0.331 e. The van der Waals surface area contributed by atoms with E-state index in [1.165, 1.54) is 69.8 Å². The van der Waals surface area contributed by atoms with Crippen LogP contribution in [0.3, 0.4) is 0 Å². The van der Waals surface area contributed by atoms with Crippen molar-refractivity contribution in [1.29, 1.82) is 0 Å². The molecule has 5 saturated carbocycles. The van der Waals surface area contributed by atoms with Crippen LogP contribution in [-0.2, 0) is 16.1 Å². The summed E-state index contributed by atoms with van der Waals surface area (Å²) in [6.07, 6.45) is 17.8. The van der Waals surface area contributed by atoms with Gasteiger partial charge in [0.25, 0.3) is 0 Å². The Balaban J connectivity index is 1.14. The molecule has 254 valence electrons. The van der Waals surface area contributed by atoms with Crippen LogP contribution in [0.15, 0.2) is 35.4 Å². The lowest BCUT2D eigenvalue weighted by Crippen LogP contribution is -2.58. The SMILES string of the molecule is COc1ccc(/C=C/C(=O)OC2CCC34CC35CCC3(C)C(C(C)CCC(C)=C(C)C)CCC3(C)C5CCC4C2(C)C)cc1CO. The number of benzene rings is 1. The maximum absolute atomic E-state index is 13.1. The number of hydrogen-bond donors (Lipinski definition) is 1. The highest BCUT2D eigenvalue weighted by Crippen LogP contribution is 2.89. The van der Waals surface area contributed by atoms with Gasteiger partial charge in [-0.2, -0.15) is 0 Å². The van der Waals surface area contributed by atoms with Crippen LogP contribution in [0.4, 0.5) is 0 Å². The summed E-state index contributed by atoms with van der Waals surface area (Å²) in [7, 11) is 1.60. The highest BCUT2D eigenvalue weighted by atomic mass is 16.5. The summed E-state index contributed by atoms with van der Waals surface area (Å²) in [5, 5.41) is 9.68. The van der Waals surface area contributed by atoms with E-state index in [0.29, 0.717) is 38.9 Å². The predicted molar refractivity (Wildman–Crippen MR) is 187 cm³/mol. The number of carbonyl (C=O) groups is 1. The summed E-state index contributed by atoms with van der Waals surface area (Å²) >= 11 is 0. The van der Waals surface area contributed by atoms with Gasteiger partial charge in [-0.15, -0.1) is 0 Å². The Kier molecular flexibility index (Phi) is 8.68. The summed E-state index contributed by atoms with van der Waals surface area (Å²) in [5.41, 5.74) is 6.46. The van der Waals surface area contributed by atoms with Gasteiger partial charge in [-0.3, -0.25) is 0 Å². The predicted octanol–water partition coefficient (Wildman–Crippen LogP) is 10.3. The zero-order valence-corrected chi connectivity index (χ0v) is 30.4. The third-order valence-corrected chi connectivity index (χ3v) is 15.8. The minimum atomic E-state index is -0.263. The van der Waals surface area contributed by atoms with Crippen LogP contribution in [0, 0.1) is 50.7 Å². The third kappa shape index (κ3) is 4.97. The Labute approximate surface area is 279 Å². The number of methoxy groups -OCH3 is 1. The second kappa shape index (κ2) is 11.8. The number of rotatable bonds is 9. The molecule has 9 unspecified atom stereocenters. The third-order valence-electron chi connectivity index (χ3n) is 15.8. The summed E-state index contributed by atoms with van der Waals surface area (Å²) in [6.45, 7) is 19.6. The van der Waals surface area contributed by atoms with Crippen LogP contribution < -0.4 is 4.74 Å². The molecular formula is C42H62O4. The van der Waals surface area contributed by atoms with Crippen molar-refractivity contribution in [2.24, 2.45) is 50.7 Å². The van der Waals surface area contributed by atoms with E-state index in [-0.39, 0.29) is 24.1 Å². The molecule has 1 N–H and O–H groups in total. The van der Waals surface area contributed by atoms with E-state index in [2.05, 4.69) is 55.4 Å². The van der Waals surface area contributed by atoms with Gasteiger partial charge in [-0.1, -0.05) is 51.8 Å². The van der Waals surface area contributed by atoms with Crippen molar-refractivity contribution in [2.75, 3.05) is 7.11 Å². The molecule has 0 aromatic heterocycles. The summed E-state index contributed by atoms with van der Waals surface area (Å²) in [4.78, 5) is 13.1. The van der Waals surface area contributed by atoms with Crippen molar-refractivity contribution >= 4 is 12.0 Å². The fourth-order valence-electron chi connectivity index (χ4n) is 12.8. The minimum Gasteiger partial charge on any atom is -0.496 e.